The number of benzene rings is 3. The molecule has 1 aromatic heterocycles. The van der Waals surface area contributed by atoms with Gasteiger partial charge in [-0.2, -0.15) is 9.78 Å². The Kier molecular flexibility index (Phi) is 7.51. The summed E-state index contributed by atoms with van der Waals surface area (Å²) in [5.74, 6) is 2.62. The zero-order chi connectivity index (χ0) is 26.9. The molecule has 1 aliphatic heterocycles. The Morgan fingerprint density at radius 2 is 1.79 bits per heavy atom. The molecule has 2 heterocycles. The van der Waals surface area contributed by atoms with Gasteiger partial charge in [0.05, 0.1) is 27.2 Å². The van der Waals surface area contributed by atoms with E-state index >= 15 is 0 Å². The molecule has 0 radical (unpaired) electrons. The molecule has 0 unspecified atom stereocenters. The van der Waals surface area contributed by atoms with Gasteiger partial charge in [-0.3, -0.25) is 4.79 Å². The van der Waals surface area contributed by atoms with Gasteiger partial charge in [0.2, 0.25) is 6.79 Å². The van der Waals surface area contributed by atoms with Crippen LogP contribution < -0.4 is 19.8 Å². The van der Waals surface area contributed by atoms with Crippen molar-refractivity contribution in [3.63, 3.8) is 0 Å². The molecule has 0 saturated heterocycles. The van der Waals surface area contributed by atoms with E-state index in [9.17, 15) is 4.79 Å². The second-order valence-electron chi connectivity index (χ2n) is 9.62. The third-order valence-corrected chi connectivity index (χ3v) is 8.02. The maximum atomic E-state index is 13.5. The molecule has 0 spiro atoms. The third kappa shape index (κ3) is 5.51. The summed E-state index contributed by atoms with van der Waals surface area (Å²) < 4.78 is 19.0. The molecular formula is C29H24BrCl2N3O4. The summed E-state index contributed by atoms with van der Waals surface area (Å²) in [6.07, 6.45) is 6.97. The number of nitrogens with zero attached hydrogens (tertiary/aromatic N) is 3. The van der Waals surface area contributed by atoms with Crippen molar-refractivity contribution in [2.75, 3.05) is 6.79 Å². The van der Waals surface area contributed by atoms with Crippen LogP contribution in [0.5, 0.6) is 17.2 Å². The van der Waals surface area contributed by atoms with Crippen LogP contribution in [0.1, 0.15) is 55.0 Å². The van der Waals surface area contributed by atoms with E-state index in [1.165, 1.54) is 11.1 Å². The highest BCUT2D eigenvalue weighted by Gasteiger charge is 2.23. The van der Waals surface area contributed by atoms with Gasteiger partial charge in [0.25, 0.3) is 5.56 Å². The minimum absolute atomic E-state index is 0.177. The van der Waals surface area contributed by atoms with E-state index in [0.29, 0.717) is 49.6 Å². The molecule has 3 aromatic carbocycles. The highest BCUT2D eigenvalue weighted by atomic mass is 79.9. The molecule has 0 amide bonds. The van der Waals surface area contributed by atoms with Crippen LogP contribution in [0.3, 0.4) is 0 Å². The number of hydrogen-bond acceptors (Lipinski definition) is 6. The first-order valence-electron chi connectivity index (χ1n) is 12.7. The Balaban J connectivity index is 1.29. The van der Waals surface area contributed by atoms with E-state index < -0.39 is 0 Å². The summed E-state index contributed by atoms with van der Waals surface area (Å²) in [4.78, 5) is 18.4. The summed E-state index contributed by atoms with van der Waals surface area (Å²) in [6, 6.07) is 14.6. The molecule has 1 aliphatic carbocycles. The van der Waals surface area contributed by atoms with E-state index in [2.05, 4.69) is 21.0 Å². The first-order chi connectivity index (χ1) is 19.0. The number of halogens is 3. The van der Waals surface area contributed by atoms with Crippen LogP contribution in [0, 0.1) is 0 Å². The smallest absolute Gasteiger partial charge is 0.282 e. The molecule has 6 rings (SSSR count). The second kappa shape index (κ2) is 11.2. The Hall–Kier alpha value is -3.07. The zero-order valence-electron chi connectivity index (χ0n) is 20.8. The van der Waals surface area contributed by atoms with Crippen LogP contribution in [-0.4, -0.2) is 22.7 Å². The Labute approximate surface area is 243 Å². The largest absolute Gasteiger partial charge is 0.486 e. The molecule has 7 nitrogen and oxygen atoms in total. The van der Waals surface area contributed by atoms with Gasteiger partial charge in [0.15, 0.2) is 17.2 Å². The summed E-state index contributed by atoms with van der Waals surface area (Å²) in [6.45, 7) is 0.462. The lowest BCUT2D eigenvalue weighted by Gasteiger charge is -2.22. The van der Waals surface area contributed by atoms with E-state index in [0.717, 1.165) is 35.7 Å². The van der Waals surface area contributed by atoms with Crippen LogP contribution in [-0.2, 0) is 6.61 Å². The maximum absolute atomic E-state index is 13.5. The van der Waals surface area contributed by atoms with Gasteiger partial charge in [0.1, 0.15) is 12.4 Å². The quantitative estimate of drug-likeness (QED) is 0.205. The lowest BCUT2D eigenvalue weighted by atomic mass is 9.88. The van der Waals surface area contributed by atoms with Crippen molar-refractivity contribution in [3.8, 4) is 17.2 Å². The average molecular weight is 629 g/mol. The highest BCUT2D eigenvalue weighted by Crippen LogP contribution is 2.37. The average Bonchev–Trinajstić information content (AvgIpc) is 3.41. The van der Waals surface area contributed by atoms with Gasteiger partial charge < -0.3 is 14.2 Å². The van der Waals surface area contributed by atoms with Crippen molar-refractivity contribution in [2.24, 2.45) is 5.10 Å². The molecule has 0 bridgehead atoms. The van der Waals surface area contributed by atoms with E-state index in [1.54, 1.807) is 24.4 Å². The van der Waals surface area contributed by atoms with Gasteiger partial charge in [-0.25, -0.2) is 4.98 Å². The number of aromatic nitrogens is 2. The van der Waals surface area contributed by atoms with Crippen LogP contribution in [0.15, 0.2) is 62.9 Å². The van der Waals surface area contributed by atoms with Crippen LogP contribution in [0.25, 0.3) is 10.9 Å². The molecule has 10 heteroatoms. The molecule has 0 atom stereocenters. The summed E-state index contributed by atoms with van der Waals surface area (Å²) in [5, 5.41) is 5.77. The van der Waals surface area contributed by atoms with E-state index in [-0.39, 0.29) is 24.9 Å². The SMILES string of the molecule is O=c1c2cc(Br)ccc2nc(C2CCCCC2)n1N=Cc1cc(Cl)c(OCc2ccc3c(c2)OCO3)c(Cl)c1. The van der Waals surface area contributed by atoms with Crippen molar-refractivity contribution in [3.05, 3.63) is 90.4 Å². The predicted octanol–water partition coefficient (Wildman–Crippen LogP) is 7.70. The summed E-state index contributed by atoms with van der Waals surface area (Å²) in [5.41, 5.74) is 1.99. The third-order valence-electron chi connectivity index (χ3n) is 6.97. The fourth-order valence-corrected chi connectivity index (χ4v) is 5.98. The fraction of sp³-hybridized carbons (Fsp3) is 0.276. The number of hydrogen-bond donors (Lipinski definition) is 0. The van der Waals surface area contributed by atoms with Gasteiger partial charge in [-0.1, -0.05) is 64.5 Å². The van der Waals surface area contributed by atoms with Crippen LogP contribution in [0.2, 0.25) is 10.0 Å². The topological polar surface area (TPSA) is 74.9 Å². The zero-order valence-corrected chi connectivity index (χ0v) is 23.9. The fourth-order valence-electron chi connectivity index (χ4n) is 5.01. The molecule has 4 aromatic rings. The van der Waals surface area contributed by atoms with Gasteiger partial charge in [-0.05, 0) is 66.4 Å². The summed E-state index contributed by atoms with van der Waals surface area (Å²) in [7, 11) is 0. The monoisotopic (exact) mass is 627 g/mol. The number of fused-ring (bicyclic) bond motifs is 2. The standard InChI is InChI=1S/C29H24BrCl2N3O4/c30-20-7-8-24-21(13-20)29(36)35(28(34-24)19-4-2-1-3-5-19)33-14-18-10-22(31)27(23(32)11-18)37-15-17-6-9-25-26(12-17)39-16-38-25/h6-14,19H,1-5,15-16H2. The lowest BCUT2D eigenvalue weighted by molar-refractivity contribution is 0.174. The second-order valence-corrected chi connectivity index (χ2v) is 11.3. The van der Waals surface area contributed by atoms with Crippen molar-refractivity contribution in [2.45, 2.75) is 44.6 Å². The van der Waals surface area contributed by atoms with E-state index in [1.807, 2.05) is 30.3 Å². The Bertz CT molecular complexity index is 1630. The molecule has 0 N–H and O–H groups in total. The van der Waals surface area contributed by atoms with Crippen molar-refractivity contribution >= 4 is 56.2 Å². The van der Waals surface area contributed by atoms with Crippen molar-refractivity contribution in [1.82, 2.24) is 9.66 Å². The van der Waals surface area contributed by atoms with Gasteiger partial charge >= 0.3 is 0 Å². The minimum atomic E-state index is -0.209. The molecular weight excluding hydrogens is 605 g/mol. The number of ether oxygens (including phenoxy) is 3. The van der Waals surface area contributed by atoms with Crippen molar-refractivity contribution in [1.29, 1.82) is 0 Å². The van der Waals surface area contributed by atoms with E-state index in [4.69, 9.17) is 42.4 Å². The molecule has 2 aliphatic rings. The molecule has 1 fully saturated rings. The molecule has 1 saturated carbocycles. The Morgan fingerprint density at radius 1 is 1.03 bits per heavy atom. The molecule has 39 heavy (non-hydrogen) atoms. The number of rotatable bonds is 6. The summed E-state index contributed by atoms with van der Waals surface area (Å²) >= 11 is 16.6. The predicted molar refractivity (Wildman–Crippen MR) is 156 cm³/mol. The normalized spacial score (nSPS) is 15.4. The minimum Gasteiger partial charge on any atom is -0.486 e. The van der Waals surface area contributed by atoms with Gasteiger partial charge in [0, 0.05) is 10.4 Å². The van der Waals surface area contributed by atoms with Gasteiger partial charge in [-0.15, -0.1) is 0 Å². The first kappa shape index (κ1) is 26.2. The first-order valence-corrected chi connectivity index (χ1v) is 14.3. The van der Waals surface area contributed by atoms with Crippen molar-refractivity contribution < 1.29 is 14.2 Å². The molecule has 200 valence electrons. The highest BCUT2D eigenvalue weighted by molar-refractivity contribution is 9.10. The lowest BCUT2D eigenvalue weighted by Crippen LogP contribution is -2.25. The van der Waals surface area contributed by atoms with Crippen LogP contribution in [0.4, 0.5) is 0 Å². The maximum Gasteiger partial charge on any atom is 0.282 e. The Morgan fingerprint density at radius 3 is 2.59 bits per heavy atom. The van der Waals surface area contributed by atoms with Crippen LogP contribution >= 0.6 is 39.1 Å².